The summed E-state index contributed by atoms with van der Waals surface area (Å²) in [6, 6.07) is 11.8. The Bertz CT molecular complexity index is 1300. The van der Waals surface area contributed by atoms with E-state index in [4.69, 9.17) is 0 Å². The molecule has 0 fully saturated rings. The standard InChI is InChI=1S/C18H11F3N6O3/c19-18(20,21)17-25-23-14-10-6-2-1-5-9(10)13(26-27(14)17)22-24-15(28)11-7-3-4-8-12(11)16(29)30/h1-8H,(H,22,26)(H,24,28)(H,29,30). The molecule has 0 aliphatic carbocycles. The van der Waals surface area contributed by atoms with Crippen LogP contribution in [0.5, 0.6) is 0 Å². The van der Waals surface area contributed by atoms with E-state index < -0.39 is 23.9 Å². The van der Waals surface area contributed by atoms with Crippen molar-refractivity contribution in [3.05, 3.63) is 65.5 Å². The number of hydrazine groups is 1. The van der Waals surface area contributed by atoms with Crippen molar-refractivity contribution in [1.82, 2.24) is 25.2 Å². The molecule has 4 rings (SSSR count). The Morgan fingerprint density at radius 1 is 0.933 bits per heavy atom. The molecule has 4 aromatic rings. The molecule has 0 spiro atoms. The number of carboxylic acids is 1. The first-order valence-electron chi connectivity index (χ1n) is 8.37. The van der Waals surface area contributed by atoms with E-state index in [-0.39, 0.29) is 22.6 Å². The van der Waals surface area contributed by atoms with E-state index in [0.29, 0.717) is 15.3 Å². The number of carbonyl (C=O) groups is 2. The molecule has 0 bridgehead atoms. The van der Waals surface area contributed by atoms with Crippen molar-refractivity contribution in [2.24, 2.45) is 0 Å². The Hall–Kier alpha value is -4.22. The molecular formula is C18H11F3N6O3. The van der Waals surface area contributed by atoms with Gasteiger partial charge in [0.25, 0.3) is 11.7 Å². The van der Waals surface area contributed by atoms with Gasteiger partial charge in [0.1, 0.15) is 0 Å². The Kier molecular flexibility index (Phi) is 4.45. The zero-order valence-corrected chi connectivity index (χ0v) is 14.8. The van der Waals surface area contributed by atoms with Gasteiger partial charge in [-0.1, -0.05) is 36.4 Å². The zero-order chi connectivity index (χ0) is 21.5. The molecule has 0 aliphatic rings. The Morgan fingerprint density at radius 3 is 2.23 bits per heavy atom. The molecule has 0 radical (unpaired) electrons. The summed E-state index contributed by atoms with van der Waals surface area (Å²) in [4.78, 5) is 23.7. The number of aromatic nitrogens is 4. The van der Waals surface area contributed by atoms with Crippen molar-refractivity contribution >= 4 is 34.1 Å². The lowest BCUT2D eigenvalue weighted by atomic mass is 10.1. The van der Waals surface area contributed by atoms with Crippen LogP contribution in [0, 0.1) is 0 Å². The first-order valence-corrected chi connectivity index (χ1v) is 8.37. The smallest absolute Gasteiger partial charge is 0.453 e. The van der Waals surface area contributed by atoms with E-state index in [9.17, 15) is 27.9 Å². The highest BCUT2D eigenvalue weighted by Crippen LogP contribution is 2.31. The third-order valence-corrected chi connectivity index (χ3v) is 4.21. The van der Waals surface area contributed by atoms with Crippen LogP contribution in [0.4, 0.5) is 19.0 Å². The van der Waals surface area contributed by atoms with Gasteiger partial charge in [0, 0.05) is 10.8 Å². The number of rotatable bonds is 4. The van der Waals surface area contributed by atoms with E-state index in [2.05, 4.69) is 26.1 Å². The second-order valence-corrected chi connectivity index (χ2v) is 6.08. The Morgan fingerprint density at radius 2 is 1.57 bits per heavy atom. The van der Waals surface area contributed by atoms with Crippen molar-refractivity contribution in [3.8, 4) is 0 Å². The summed E-state index contributed by atoms with van der Waals surface area (Å²) in [5.41, 5.74) is 4.26. The minimum Gasteiger partial charge on any atom is -0.478 e. The largest absolute Gasteiger partial charge is 0.478 e. The minimum atomic E-state index is -4.80. The highest BCUT2D eigenvalue weighted by molar-refractivity contribution is 6.06. The van der Waals surface area contributed by atoms with E-state index in [1.54, 1.807) is 18.2 Å². The molecule has 30 heavy (non-hydrogen) atoms. The summed E-state index contributed by atoms with van der Waals surface area (Å²) < 4.78 is 40.2. The van der Waals surface area contributed by atoms with Gasteiger partial charge in [0.15, 0.2) is 11.5 Å². The van der Waals surface area contributed by atoms with E-state index >= 15 is 0 Å². The zero-order valence-electron chi connectivity index (χ0n) is 14.8. The van der Waals surface area contributed by atoms with Gasteiger partial charge < -0.3 is 5.11 Å². The van der Waals surface area contributed by atoms with Crippen LogP contribution >= 0.6 is 0 Å². The number of benzene rings is 2. The molecule has 0 aliphatic heterocycles. The van der Waals surface area contributed by atoms with E-state index in [1.165, 1.54) is 30.3 Å². The molecule has 3 N–H and O–H groups in total. The Balaban J connectivity index is 1.75. The van der Waals surface area contributed by atoms with Gasteiger partial charge in [-0.15, -0.1) is 15.3 Å². The first-order chi connectivity index (χ1) is 14.3. The van der Waals surface area contributed by atoms with Gasteiger partial charge >= 0.3 is 12.1 Å². The van der Waals surface area contributed by atoms with Crippen LogP contribution in [0.1, 0.15) is 26.5 Å². The minimum absolute atomic E-state index is 0.106. The summed E-state index contributed by atoms with van der Waals surface area (Å²) >= 11 is 0. The fourth-order valence-electron chi connectivity index (χ4n) is 2.90. The maximum atomic E-state index is 13.2. The summed E-state index contributed by atoms with van der Waals surface area (Å²) in [5.74, 6) is -3.54. The monoisotopic (exact) mass is 416 g/mol. The van der Waals surface area contributed by atoms with Crippen molar-refractivity contribution in [3.63, 3.8) is 0 Å². The van der Waals surface area contributed by atoms with Gasteiger partial charge in [-0.05, 0) is 12.1 Å². The fourth-order valence-corrected chi connectivity index (χ4v) is 2.90. The average molecular weight is 416 g/mol. The van der Waals surface area contributed by atoms with Gasteiger partial charge in [0.2, 0.25) is 0 Å². The quantitative estimate of drug-likeness (QED) is 0.437. The molecule has 2 aromatic carbocycles. The van der Waals surface area contributed by atoms with Crippen LogP contribution in [0.3, 0.4) is 0 Å². The van der Waals surface area contributed by atoms with Gasteiger partial charge in [-0.25, -0.2) is 4.79 Å². The second-order valence-electron chi connectivity index (χ2n) is 6.08. The van der Waals surface area contributed by atoms with E-state index in [0.717, 1.165) is 0 Å². The molecule has 1 amide bonds. The number of nitrogens with one attached hydrogen (secondary N) is 2. The predicted octanol–water partition coefficient (Wildman–Crippen LogP) is 2.75. The number of halogens is 3. The maximum Gasteiger partial charge on any atom is 0.453 e. The van der Waals surface area contributed by atoms with E-state index in [1.807, 2.05) is 0 Å². The highest BCUT2D eigenvalue weighted by Gasteiger charge is 2.38. The highest BCUT2D eigenvalue weighted by atomic mass is 19.4. The molecule has 0 atom stereocenters. The topological polar surface area (TPSA) is 122 Å². The number of alkyl halides is 3. The summed E-state index contributed by atoms with van der Waals surface area (Å²) in [5, 5.41) is 20.5. The molecule has 9 nitrogen and oxygen atoms in total. The lowest BCUT2D eigenvalue weighted by molar-refractivity contribution is -0.146. The number of amides is 1. The summed E-state index contributed by atoms with van der Waals surface area (Å²) in [7, 11) is 0. The third kappa shape index (κ3) is 3.23. The van der Waals surface area contributed by atoms with Crippen LogP contribution in [0.25, 0.3) is 16.4 Å². The fraction of sp³-hybridized carbons (Fsp3) is 0.0556. The summed E-state index contributed by atoms with van der Waals surface area (Å²) in [6.45, 7) is 0. The predicted molar refractivity (Wildman–Crippen MR) is 97.8 cm³/mol. The number of carbonyl (C=O) groups excluding carboxylic acids is 1. The molecule has 0 saturated heterocycles. The lowest BCUT2D eigenvalue weighted by Crippen LogP contribution is -2.31. The van der Waals surface area contributed by atoms with Gasteiger partial charge in [-0.2, -0.15) is 17.7 Å². The van der Waals surface area contributed by atoms with Gasteiger partial charge in [0.05, 0.1) is 11.1 Å². The SMILES string of the molecule is O=C(O)c1ccccc1C(=O)NNc1nn2c(C(F)(F)F)nnc2c2ccccc12. The second kappa shape index (κ2) is 6.99. The van der Waals surface area contributed by atoms with Crippen molar-refractivity contribution < 1.29 is 27.9 Å². The van der Waals surface area contributed by atoms with Crippen molar-refractivity contribution in [2.75, 3.05) is 5.43 Å². The lowest BCUT2D eigenvalue weighted by Gasteiger charge is -2.12. The number of fused-ring (bicyclic) bond motifs is 3. The normalized spacial score (nSPS) is 11.6. The van der Waals surface area contributed by atoms with Crippen molar-refractivity contribution in [1.29, 1.82) is 0 Å². The van der Waals surface area contributed by atoms with Crippen LogP contribution in [0.2, 0.25) is 0 Å². The number of aromatic carboxylic acids is 1. The molecule has 0 unspecified atom stereocenters. The molecule has 0 saturated carbocycles. The molecule has 12 heteroatoms. The number of nitrogens with zero attached hydrogens (tertiary/aromatic N) is 4. The molecule has 2 heterocycles. The van der Waals surface area contributed by atoms with Crippen LogP contribution in [-0.2, 0) is 6.18 Å². The number of carboxylic acid groups (broad SMARTS) is 1. The summed E-state index contributed by atoms with van der Waals surface area (Å²) in [6.07, 6.45) is -4.80. The molecule has 2 aromatic heterocycles. The number of hydrogen-bond donors (Lipinski definition) is 3. The van der Waals surface area contributed by atoms with Gasteiger partial charge in [-0.3, -0.25) is 15.6 Å². The number of hydrogen-bond acceptors (Lipinski definition) is 6. The molecule has 152 valence electrons. The maximum absolute atomic E-state index is 13.2. The third-order valence-electron chi connectivity index (χ3n) is 4.21. The van der Waals surface area contributed by atoms with Crippen LogP contribution in [0.15, 0.2) is 48.5 Å². The van der Waals surface area contributed by atoms with Crippen LogP contribution < -0.4 is 10.9 Å². The Labute approximate surface area is 165 Å². The first kappa shape index (κ1) is 19.1. The average Bonchev–Trinajstić information content (AvgIpc) is 3.16. The van der Waals surface area contributed by atoms with Crippen molar-refractivity contribution in [2.45, 2.75) is 6.18 Å². The number of anilines is 1. The van der Waals surface area contributed by atoms with Crippen LogP contribution in [-0.4, -0.2) is 36.8 Å². The molecular weight excluding hydrogens is 405 g/mol.